The molecule has 0 amide bonds. The Kier molecular flexibility index (Phi) is 4.85. The zero-order chi connectivity index (χ0) is 13.1. The van der Waals surface area contributed by atoms with Gasteiger partial charge in [-0.05, 0) is 55.8 Å². The molecule has 0 aliphatic heterocycles. The molecule has 0 aromatic heterocycles. The molecule has 1 saturated carbocycles. The summed E-state index contributed by atoms with van der Waals surface area (Å²) in [5, 5.41) is 3.53. The van der Waals surface area contributed by atoms with Gasteiger partial charge in [-0.15, -0.1) is 0 Å². The van der Waals surface area contributed by atoms with Gasteiger partial charge in [-0.25, -0.2) is 0 Å². The second kappa shape index (κ2) is 6.21. The van der Waals surface area contributed by atoms with E-state index in [4.69, 9.17) is 0 Å². The Morgan fingerprint density at radius 3 is 2.44 bits per heavy atom. The van der Waals surface area contributed by atoms with Crippen molar-refractivity contribution in [3.8, 4) is 0 Å². The predicted octanol–water partition coefficient (Wildman–Crippen LogP) is 4.84. The van der Waals surface area contributed by atoms with E-state index < -0.39 is 0 Å². The molecular weight excluding hydrogens is 286 g/mol. The molecule has 18 heavy (non-hydrogen) atoms. The van der Waals surface area contributed by atoms with Crippen molar-refractivity contribution in [1.29, 1.82) is 0 Å². The zero-order valence-electron chi connectivity index (χ0n) is 11.7. The summed E-state index contributed by atoms with van der Waals surface area (Å²) in [5.74, 6) is 1.71. The monoisotopic (exact) mass is 309 g/mol. The molecule has 2 rings (SSSR count). The number of aryl methyl sites for hydroxylation is 1. The third kappa shape index (κ3) is 3.16. The molecule has 1 aliphatic rings. The number of rotatable bonds is 3. The van der Waals surface area contributed by atoms with Crippen LogP contribution in [0.5, 0.6) is 0 Å². The standard InChI is InChI=1S/C16H24BrN/c1-11-4-7-13(8-5-11)16(18-3)14-9-6-12(2)15(17)10-14/h6,9-11,13,16,18H,4-5,7-8H2,1-3H3. The van der Waals surface area contributed by atoms with E-state index >= 15 is 0 Å². The van der Waals surface area contributed by atoms with Crippen LogP contribution in [0.4, 0.5) is 0 Å². The highest BCUT2D eigenvalue weighted by Crippen LogP contribution is 2.37. The van der Waals surface area contributed by atoms with Crippen molar-refractivity contribution in [2.75, 3.05) is 7.05 Å². The van der Waals surface area contributed by atoms with Gasteiger partial charge in [0.25, 0.3) is 0 Å². The molecule has 1 aromatic rings. The Balaban J connectivity index is 2.14. The maximum absolute atomic E-state index is 3.65. The highest BCUT2D eigenvalue weighted by Gasteiger charge is 2.26. The van der Waals surface area contributed by atoms with E-state index in [-0.39, 0.29) is 0 Å². The van der Waals surface area contributed by atoms with Crippen molar-refractivity contribution in [2.24, 2.45) is 11.8 Å². The molecule has 1 N–H and O–H groups in total. The number of hydrogen-bond acceptors (Lipinski definition) is 1. The first kappa shape index (κ1) is 14.1. The fraction of sp³-hybridized carbons (Fsp3) is 0.625. The maximum atomic E-state index is 3.65. The van der Waals surface area contributed by atoms with E-state index in [0.29, 0.717) is 6.04 Å². The quantitative estimate of drug-likeness (QED) is 0.842. The van der Waals surface area contributed by atoms with Gasteiger partial charge in [0.2, 0.25) is 0 Å². The normalized spacial score (nSPS) is 26.0. The van der Waals surface area contributed by atoms with Crippen LogP contribution in [0, 0.1) is 18.8 Å². The molecule has 1 unspecified atom stereocenters. The molecule has 0 spiro atoms. The van der Waals surface area contributed by atoms with E-state index in [1.165, 1.54) is 41.3 Å². The molecule has 0 bridgehead atoms. The van der Waals surface area contributed by atoms with E-state index in [9.17, 15) is 0 Å². The zero-order valence-corrected chi connectivity index (χ0v) is 13.3. The van der Waals surface area contributed by atoms with Gasteiger partial charge < -0.3 is 5.32 Å². The van der Waals surface area contributed by atoms with Crippen molar-refractivity contribution in [3.63, 3.8) is 0 Å². The molecule has 1 fully saturated rings. The molecule has 0 heterocycles. The van der Waals surface area contributed by atoms with Crippen LogP contribution in [0.1, 0.15) is 49.8 Å². The summed E-state index contributed by atoms with van der Waals surface area (Å²) in [6.45, 7) is 4.53. The van der Waals surface area contributed by atoms with Crippen molar-refractivity contribution < 1.29 is 0 Å². The van der Waals surface area contributed by atoms with Gasteiger partial charge in [0.1, 0.15) is 0 Å². The molecule has 2 heteroatoms. The van der Waals surface area contributed by atoms with Crippen LogP contribution < -0.4 is 5.32 Å². The second-order valence-corrected chi connectivity index (χ2v) is 6.65. The third-order valence-corrected chi connectivity index (χ3v) is 5.25. The summed E-state index contributed by atoms with van der Waals surface area (Å²) in [5.41, 5.74) is 2.74. The molecule has 1 nitrogen and oxygen atoms in total. The Labute approximate surface area is 119 Å². The smallest absolute Gasteiger partial charge is 0.0346 e. The van der Waals surface area contributed by atoms with Crippen LogP contribution in [0.15, 0.2) is 22.7 Å². The molecule has 100 valence electrons. The molecule has 1 aromatic carbocycles. The van der Waals surface area contributed by atoms with Gasteiger partial charge in [-0.2, -0.15) is 0 Å². The Bertz CT molecular complexity index is 394. The van der Waals surface area contributed by atoms with Crippen molar-refractivity contribution in [3.05, 3.63) is 33.8 Å². The van der Waals surface area contributed by atoms with Gasteiger partial charge in [0.15, 0.2) is 0 Å². The molecule has 1 aliphatic carbocycles. The van der Waals surface area contributed by atoms with E-state index in [2.05, 4.69) is 60.3 Å². The summed E-state index contributed by atoms with van der Waals surface area (Å²) in [7, 11) is 2.09. The van der Waals surface area contributed by atoms with Gasteiger partial charge in [0, 0.05) is 10.5 Å². The Morgan fingerprint density at radius 2 is 1.89 bits per heavy atom. The summed E-state index contributed by atoms with van der Waals surface area (Å²) in [6.07, 6.45) is 5.49. The lowest BCUT2D eigenvalue weighted by Gasteiger charge is -2.33. The second-order valence-electron chi connectivity index (χ2n) is 5.79. The first-order chi connectivity index (χ1) is 8.61. The van der Waals surface area contributed by atoms with Gasteiger partial charge in [-0.3, -0.25) is 0 Å². The third-order valence-electron chi connectivity index (χ3n) is 4.40. The summed E-state index contributed by atoms with van der Waals surface area (Å²) < 4.78 is 1.23. The lowest BCUT2D eigenvalue weighted by atomic mass is 9.77. The van der Waals surface area contributed by atoms with Gasteiger partial charge in [0.05, 0.1) is 0 Å². The van der Waals surface area contributed by atoms with Crippen LogP contribution >= 0.6 is 15.9 Å². The lowest BCUT2D eigenvalue weighted by Crippen LogP contribution is -2.28. The topological polar surface area (TPSA) is 12.0 Å². The minimum absolute atomic E-state index is 0.509. The SMILES string of the molecule is CNC(c1ccc(C)c(Br)c1)C1CCC(C)CC1. The first-order valence-electron chi connectivity index (χ1n) is 7.05. The Hall–Kier alpha value is -0.340. The van der Waals surface area contributed by atoms with Gasteiger partial charge in [-0.1, -0.05) is 47.8 Å². The predicted molar refractivity (Wildman–Crippen MR) is 81.8 cm³/mol. The lowest BCUT2D eigenvalue weighted by molar-refractivity contribution is 0.238. The fourth-order valence-electron chi connectivity index (χ4n) is 3.10. The highest BCUT2D eigenvalue weighted by molar-refractivity contribution is 9.10. The van der Waals surface area contributed by atoms with Crippen molar-refractivity contribution in [1.82, 2.24) is 5.32 Å². The van der Waals surface area contributed by atoms with Crippen LogP contribution in [0.25, 0.3) is 0 Å². The summed E-state index contributed by atoms with van der Waals surface area (Å²) in [6, 6.07) is 7.29. The average molecular weight is 310 g/mol. The maximum Gasteiger partial charge on any atom is 0.0346 e. The first-order valence-corrected chi connectivity index (χ1v) is 7.84. The average Bonchev–Trinajstić information content (AvgIpc) is 2.37. The number of benzene rings is 1. The molecule has 1 atom stereocenters. The van der Waals surface area contributed by atoms with Crippen LogP contribution in [-0.4, -0.2) is 7.05 Å². The van der Waals surface area contributed by atoms with Crippen LogP contribution in [-0.2, 0) is 0 Å². The number of nitrogens with one attached hydrogen (secondary N) is 1. The molecule has 0 saturated heterocycles. The largest absolute Gasteiger partial charge is 0.313 e. The highest BCUT2D eigenvalue weighted by atomic mass is 79.9. The Morgan fingerprint density at radius 1 is 1.22 bits per heavy atom. The van der Waals surface area contributed by atoms with Crippen molar-refractivity contribution >= 4 is 15.9 Å². The summed E-state index contributed by atoms with van der Waals surface area (Å²) >= 11 is 3.65. The minimum Gasteiger partial charge on any atom is -0.313 e. The molecular formula is C16H24BrN. The number of halogens is 1. The van der Waals surface area contributed by atoms with Crippen LogP contribution in [0.2, 0.25) is 0 Å². The minimum atomic E-state index is 0.509. The summed E-state index contributed by atoms with van der Waals surface area (Å²) in [4.78, 5) is 0. The number of hydrogen-bond donors (Lipinski definition) is 1. The van der Waals surface area contributed by atoms with Crippen LogP contribution in [0.3, 0.4) is 0 Å². The van der Waals surface area contributed by atoms with E-state index in [1.54, 1.807) is 0 Å². The van der Waals surface area contributed by atoms with Gasteiger partial charge >= 0.3 is 0 Å². The van der Waals surface area contributed by atoms with E-state index in [1.807, 2.05) is 0 Å². The van der Waals surface area contributed by atoms with E-state index in [0.717, 1.165) is 11.8 Å². The fourth-order valence-corrected chi connectivity index (χ4v) is 3.49. The van der Waals surface area contributed by atoms with Crippen molar-refractivity contribution in [2.45, 2.75) is 45.6 Å². The molecule has 0 radical (unpaired) electrons.